The van der Waals surface area contributed by atoms with Crippen molar-refractivity contribution in [3.8, 4) is 17.1 Å². The fourth-order valence-electron chi connectivity index (χ4n) is 3.43. The topological polar surface area (TPSA) is 72.7 Å². The van der Waals surface area contributed by atoms with Gasteiger partial charge in [-0.1, -0.05) is 56.7 Å². The molecule has 0 spiro atoms. The summed E-state index contributed by atoms with van der Waals surface area (Å²) in [5.41, 5.74) is 3.05. The molecule has 1 unspecified atom stereocenters. The third-order valence-electron chi connectivity index (χ3n) is 5.09. The highest BCUT2D eigenvalue weighted by molar-refractivity contribution is 7.99. The molecule has 0 saturated carbocycles. The van der Waals surface area contributed by atoms with E-state index in [0.29, 0.717) is 16.8 Å². The highest BCUT2D eigenvalue weighted by atomic mass is 32.2. The Morgan fingerprint density at radius 2 is 1.81 bits per heavy atom. The molecule has 1 amide bonds. The smallest absolute Gasteiger partial charge is 0.230 e. The van der Waals surface area contributed by atoms with E-state index in [1.54, 1.807) is 12.4 Å². The zero-order valence-electron chi connectivity index (χ0n) is 18.7. The molecule has 2 heterocycles. The fourth-order valence-corrected chi connectivity index (χ4v) is 4.19. The van der Waals surface area contributed by atoms with Crippen LogP contribution in [-0.4, -0.2) is 37.5 Å². The Hall–Kier alpha value is -2.67. The standard InChI is InChI=1S/C24H31N5OS/c1-17(2)8-7-10-19(4)26-22(30)16-31-24-28-27-23(20-12-14-25-15-13-20)29(24)21-11-6-5-9-18(21)3/h5-6,9,11-15,17,19H,7-8,10,16H2,1-4H3,(H,26,30). The summed E-state index contributed by atoms with van der Waals surface area (Å²) in [4.78, 5) is 16.6. The molecule has 2 aromatic heterocycles. The molecule has 1 atom stereocenters. The average Bonchev–Trinajstić information content (AvgIpc) is 3.16. The average molecular weight is 438 g/mol. The number of pyridine rings is 1. The largest absolute Gasteiger partial charge is 0.353 e. The predicted octanol–water partition coefficient (Wildman–Crippen LogP) is 5.06. The molecule has 3 aromatic rings. The minimum atomic E-state index is 0.0202. The molecule has 164 valence electrons. The van der Waals surface area contributed by atoms with Crippen LogP contribution in [0.4, 0.5) is 0 Å². The maximum Gasteiger partial charge on any atom is 0.230 e. The van der Waals surface area contributed by atoms with Crippen LogP contribution in [-0.2, 0) is 4.79 Å². The summed E-state index contributed by atoms with van der Waals surface area (Å²) < 4.78 is 2.02. The zero-order valence-corrected chi connectivity index (χ0v) is 19.5. The number of rotatable bonds is 10. The molecule has 0 radical (unpaired) electrons. The second-order valence-corrected chi connectivity index (χ2v) is 9.19. The van der Waals surface area contributed by atoms with E-state index in [9.17, 15) is 4.79 Å². The van der Waals surface area contributed by atoms with Gasteiger partial charge in [-0.15, -0.1) is 10.2 Å². The maximum absolute atomic E-state index is 12.5. The molecule has 0 saturated heterocycles. The number of nitrogens with zero attached hydrogens (tertiary/aromatic N) is 4. The van der Waals surface area contributed by atoms with E-state index in [2.05, 4.69) is 54.3 Å². The van der Waals surface area contributed by atoms with Crippen molar-refractivity contribution < 1.29 is 4.79 Å². The van der Waals surface area contributed by atoms with Gasteiger partial charge in [0.05, 0.1) is 11.4 Å². The highest BCUT2D eigenvalue weighted by Crippen LogP contribution is 2.29. The second kappa shape index (κ2) is 11.1. The summed E-state index contributed by atoms with van der Waals surface area (Å²) in [5, 5.41) is 12.6. The Bertz CT molecular complexity index is 987. The molecule has 0 aliphatic rings. The normalized spacial score (nSPS) is 12.2. The lowest BCUT2D eigenvalue weighted by atomic mass is 10.0. The molecule has 0 fully saturated rings. The monoisotopic (exact) mass is 437 g/mol. The van der Waals surface area contributed by atoms with Crippen molar-refractivity contribution in [3.63, 3.8) is 0 Å². The minimum absolute atomic E-state index is 0.0202. The number of para-hydroxylation sites is 1. The molecule has 1 N–H and O–H groups in total. The molecule has 0 aliphatic carbocycles. The van der Waals surface area contributed by atoms with E-state index < -0.39 is 0 Å². The lowest BCUT2D eigenvalue weighted by Gasteiger charge is -2.15. The molecular formula is C24H31N5OS. The molecular weight excluding hydrogens is 406 g/mol. The van der Waals surface area contributed by atoms with Gasteiger partial charge in [-0.2, -0.15) is 0 Å². The minimum Gasteiger partial charge on any atom is -0.353 e. The number of amides is 1. The van der Waals surface area contributed by atoms with Gasteiger partial charge in [0.1, 0.15) is 0 Å². The van der Waals surface area contributed by atoms with Gasteiger partial charge in [-0.3, -0.25) is 14.3 Å². The van der Waals surface area contributed by atoms with Crippen LogP contribution in [0.15, 0.2) is 53.9 Å². The summed E-state index contributed by atoms with van der Waals surface area (Å²) >= 11 is 1.41. The van der Waals surface area contributed by atoms with Crippen LogP contribution < -0.4 is 5.32 Å². The molecule has 1 aromatic carbocycles. The Balaban J connectivity index is 1.74. The van der Waals surface area contributed by atoms with Crippen molar-refractivity contribution >= 4 is 17.7 Å². The van der Waals surface area contributed by atoms with Crippen molar-refractivity contribution in [1.29, 1.82) is 0 Å². The summed E-state index contributed by atoms with van der Waals surface area (Å²) in [6.45, 7) is 8.58. The lowest BCUT2D eigenvalue weighted by Crippen LogP contribution is -2.33. The van der Waals surface area contributed by atoms with Crippen LogP contribution >= 0.6 is 11.8 Å². The summed E-state index contributed by atoms with van der Waals surface area (Å²) in [5.74, 6) is 1.75. The number of carbonyl (C=O) groups excluding carboxylic acids is 1. The second-order valence-electron chi connectivity index (χ2n) is 8.25. The number of nitrogens with one attached hydrogen (secondary N) is 1. The molecule has 7 heteroatoms. The van der Waals surface area contributed by atoms with Crippen molar-refractivity contribution in [2.75, 3.05) is 5.75 Å². The van der Waals surface area contributed by atoms with Gasteiger partial charge in [-0.25, -0.2) is 0 Å². The lowest BCUT2D eigenvalue weighted by molar-refractivity contribution is -0.119. The van der Waals surface area contributed by atoms with Gasteiger partial charge >= 0.3 is 0 Å². The Morgan fingerprint density at radius 1 is 1.06 bits per heavy atom. The van der Waals surface area contributed by atoms with Crippen molar-refractivity contribution in [3.05, 3.63) is 54.4 Å². The number of aromatic nitrogens is 4. The number of benzene rings is 1. The van der Waals surface area contributed by atoms with Crippen LogP contribution in [0.1, 0.15) is 45.6 Å². The molecule has 0 aliphatic heterocycles. The first-order valence-electron chi connectivity index (χ1n) is 10.8. The highest BCUT2D eigenvalue weighted by Gasteiger charge is 2.18. The first-order chi connectivity index (χ1) is 15.0. The quantitative estimate of drug-likeness (QED) is 0.449. The summed E-state index contributed by atoms with van der Waals surface area (Å²) in [6, 6.07) is 12.1. The van der Waals surface area contributed by atoms with E-state index >= 15 is 0 Å². The predicted molar refractivity (Wildman–Crippen MR) is 126 cm³/mol. The number of aryl methyl sites for hydroxylation is 1. The third kappa shape index (κ3) is 6.40. The van der Waals surface area contributed by atoms with Gasteiger partial charge < -0.3 is 5.32 Å². The van der Waals surface area contributed by atoms with E-state index in [4.69, 9.17) is 0 Å². The van der Waals surface area contributed by atoms with Crippen LogP contribution in [0.2, 0.25) is 0 Å². The van der Waals surface area contributed by atoms with Gasteiger partial charge in [0.25, 0.3) is 0 Å². The van der Waals surface area contributed by atoms with Gasteiger partial charge in [-0.05, 0) is 49.9 Å². The fraction of sp³-hybridized carbons (Fsp3) is 0.417. The van der Waals surface area contributed by atoms with Crippen molar-refractivity contribution in [2.45, 2.75) is 58.2 Å². The Labute approximate surface area is 188 Å². The van der Waals surface area contributed by atoms with Gasteiger partial charge in [0.2, 0.25) is 5.91 Å². The van der Waals surface area contributed by atoms with Crippen molar-refractivity contribution in [2.24, 2.45) is 5.92 Å². The van der Waals surface area contributed by atoms with E-state index in [1.807, 2.05) is 34.9 Å². The van der Waals surface area contributed by atoms with Gasteiger partial charge in [0, 0.05) is 24.0 Å². The van der Waals surface area contributed by atoms with Crippen molar-refractivity contribution in [1.82, 2.24) is 25.1 Å². The first kappa shape index (κ1) is 23.0. The van der Waals surface area contributed by atoms with Gasteiger partial charge in [0.15, 0.2) is 11.0 Å². The van der Waals surface area contributed by atoms with Crippen LogP contribution in [0, 0.1) is 12.8 Å². The van der Waals surface area contributed by atoms with E-state index in [-0.39, 0.29) is 11.9 Å². The number of carbonyl (C=O) groups is 1. The van der Waals surface area contributed by atoms with E-state index in [1.165, 1.54) is 18.2 Å². The molecule has 31 heavy (non-hydrogen) atoms. The zero-order chi connectivity index (χ0) is 22.2. The first-order valence-corrected chi connectivity index (χ1v) is 11.8. The number of hydrogen-bond acceptors (Lipinski definition) is 5. The van der Waals surface area contributed by atoms with Crippen LogP contribution in [0.25, 0.3) is 17.1 Å². The summed E-state index contributed by atoms with van der Waals surface area (Å²) in [6.07, 6.45) is 6.80. The Morgan fingerprint density at radius 3 is 2.52 bits per heavy atom. The van der Waals surface area contributed by atoms with Crippen LogP contribution in [0.5, 0.6) is 0 Å². The number of thioether (sulfide) groups is 1. The molecule has 6 nitrogen and oxygen atoms in total. The number of hydrogen-bond donors (Lipinski definition) is 1. The SMILES string of the molecule is Cc1ccccc1-n1c(SCC(=O)NC(C)CCCC(C)C)nnc1-c1ccncc1. The van der Waals surface area contributed by atoms with Crippen LogP contribution in [0.3, 0.4) is 0 Å². The summed E-state index contributed by atoms with van der Waals surface area (Å²) in [7, 11) is 0. The maximum atomic E-state index is 12.5. The molecule has 3 rings (SSSR count). The third-order valence-corrected chi connectivity index (χ3v) is 6.02. The molecule has 0 bridgehead atoms. The van der Waals surface area contributed by atoms with E-state index in [0.717, 1.165) is 35.5 Å². The Kier molecular flexibility index (Phi) is 8.23.